The van der Waals surface area contributed by atoms with Gasteiger partial charge in [0.05, 0.1) is 6.61 Å². The average Bonchev–Trinajstić information content (AvgIpc) is 2.47. The van der Waals surface area contributed by atoms with E-state index in [1.165, 1.54) is 13.0 Å². The maximum Gasteiger partial charge on any atom is 0.344 e. The summed E-state index contributed by atoms with van der Waals surface area (Å²) >= 11 is 0. The molecule has 0 heterocycles. The summed E-state index contributed by atoms with van der Waals surface area (Å²) in [5, 5.41) is 26.3. The molecule has 21 heavy (non-hydrogen) atoms. The first-order chi connectivity index (χ1) is 10.0. The van der Waals surface area contributed by atoms with E-state index in [2.05, 4.69) is 0 Å². The maximum atomic E-state index is 10.8. The van der Waals surface area contributed by atoms with E-state index in [-0.39, 0.29) is 5.57 Å². The third-order valence-electron chi connectivity index (χ3n) is 2.47. The highest BCUT2D eigenvalue weighted by Crippen LogP contribution is 2.30. The van der Waals surface area contributed by atoms with Gasteiger partial charge in [-0.05, 0) is 37.6 Å². The molecular formula is C15H14N2O4. The van der Waals surface area contributed by atoms with Crippen molar-refractivity contribution in [1.29, 1.82) is 10.5 Å². The Labute approximate surface area is 122 Å². The van der Waals surface area contributed by atoms with Crippen LogP contribution in [0.4, 0.5) is 0 Å². The molecule has 1 N–H and O–H groups in total. The fraction of sp³-hybridized carbons (Fsp3) is 0.267. The summed E-state index contributed by atoms with van der Waals surface area (Å²) < 4.78 is 10.7. The number of carbonyl (C=O) groups is 1. The van der Waals surface area contributed by atoms with E-state index in [4.69, 9.17) is 25.1 Å². The van der Waals surface area contributed by atoms with Crippen LogP contribution in [0.15, 0.2) is 23.8 Å². The lowest BCUT2D eigenvalue weighted by atomic mass is 10.1. The fourth-order valence-electron chi connectivity index (χ4n) is 1.48. The van der Waals surface area contributed by atoms with Crippen LogP contribution in [0.25, 0.3) is 6.08 Å². The lowest BCUT2D eigenvalue weighted by Crippen LogP contribution is -2.23. The van der Waals surface area contributed by atoms with E-state index in [0.717, 1.165) is 0 Å². The Balaban J connectivity index is 3.14. The van der Waals surface area contributed by atoms with Gasteiger partial charge in [0.25, 0.3) is 0 Å². The van der Waals surface area contributed by atoms with Gasteiger partial charge in [-0.1, -0.05) is 6.07 Å². The summed E-state index contributed by atoms with van der Waals surface area (Å²) in [7, 11) is 0. The highest BCUT2D eigenvalue weighted by molar-refractivity contribution is 5.72. The lowest BCUT2D eigenvalue weighted by Gasteiger charge is -2.15. The van der Waals surface area contributed by atoms with Crippen LogP contribution in [-0.2, 0) is 4.79 Å². The topological polar surface area (TPSA) is 103 Å². The Morgan fingerprint density at radius 2 is 2.05 bits per heavy atom. The summed E-state index contributed by atoms with van der Waals surface area (Å²) in [4.78, 5) is 10.8. The van der Waals surface area contributed by atoms with Gasteiger partial charge in [0.15, 0.2) is 17.6 Å². The van der Waals surface area contributed by atoms with Crippen molar-refractivity contribution in [1.82, 2.24) is 0 Å². The van der Waals surface area contributed by atoms with Crippen molar-refractivity contribution in [2.45, 2.75) is 20.0 Å². The third kappa shape index (κ3) is 4.55. The SMILES string of the molecule is CCOc1cc(C=C(C#N)C#N)ccc1OC(C)C(=O)O. The van der Waals surface area contributed by atoms with Crippen LogP contribution in [0, 0.1) is 22.7 Å². The van der Waals surface area contributed by atoms with E-state index in [1.807, 2.05) is 0 Å². The maximum absolute atomic E-state index is 10.8. The zero-order chi connectivity index (χ0) is 15.8. The van der Waals surface area contributed by atoms with E-state index >= 15 is 0 Å². The second-order valence-corrected chi connectivity index (χ2v) is 4.02. The number of ether oxygens (including phenoxy) is 2. The molecule has 0 spiro atoms. The van der Waals surface area contributed by atoms with Gasteiger partial charge in [-0.15, -0.1) is 0 Å². The molecule has 1 unspecified atom stereocenters. The number of nitrogens with zero attached hydrogens (tertiary/aromatic N) is 2. The van der Waals surface area contributed by atoms with Gasteiger partial charge in [0.2, 0.25) is 0 Å². The average molecular weight is 286 g/mol. The van der Waals surface area contributed by atoms with Crippen LogP contribution in [-0.4, -0.2) is 23.8 Å². The van der Waals surface area contributed by atoms with Gasteiger partial charge in [-0.25, -0.2) is 4.79 Å². The molecule has 1 aromatic carbocycles. The molecule has 1 aromatic rings. The molecule has 6 heteroatoms. The lowest BCUT2D eigenvalue weighted by molar-refractivity contribution is -0.144. The fourth-order valence-corrected chi connectivity index (χ4v) is 1.48. The zero-order valence-electron chi connectivity index (χ0n) is 11.7. The Morgan fingerprint density at radius 3 is 2.57 bits per heavy atom. The third-order valence-corrected chi connectivity index (χ3v) is 2.47. The summed E-state index contributed by atoms with van der Waals surface area (Å²) in [5.74, 6) is -0.438. The molecule has 0 aliphatic carbocycles. The first-order valence-corrected chi connectivity index (χ1v) is 6.20. The Kier molecular flexibility index (Phi) is 5.79. The largest absolute Gasteiger partial charge is 0.490 e. The number of carboxylic acid groups (broad SMARTS) is 1. The molecule has 0 fully saturated rings. The summed E-state index contributed by atoms with van der Waals surface area (Å²) in [6, 6.07) is 8.27. The predicted molar refractivity (Wildman–Crippen MR) is 74.5 cm³/mol. The van der Waals surface area contributed by atoms with Gasteiger partial charge in [0.1, 0.15) is 17.7 Å². The molecule has 6 nitrogen and oxygen atoms in total. The van der Waals surface area contributed by atoms with Crippen LogP contribution in [0.3, 0.4) is 0 Å². The Hall–Kier alpha value is -2.99. The second-order valence-electron chi connectivity index (χ2n) is 4.02. The van der Waals surface area contributed by atoms with Gasteiger partial charge in [-0.3, -0.25) is 0 Å². The van der Waals surface area contributed by atoms with Crippen molar-refractivity contribution in [2.75, 3.05) is 6.61 Å². The van der Waals surface area contributed by atoms with Crippen LogP contribution < -0.4 is 9.47 Å². The van der Waals surface area contributed by atoms with Gasteiger partial charge in [-0.2, -0.15) is 10.5 Å². The first kappa shape index (κ1) is 16.1. The summed E-state index contributed by atoms with van der Waals surface area (Å²) in [6.07, 6.45) is 0.395. The van der Waals surface area contributed by atoms with Crippen molar-refractivity contribution in [3.8, 4) is 23.6 Å². The molecule has 0 aliphatic rings. The van der Waals surface area contributed by atoms with Gasteiger partial charge < -0.3 is 14.6 Å². The molecule has 0 bridgehead atoms. The smallest absolute Gasteiger partial charge is 0.344 e. The van der Waals surface area contributed by atoms with E-state index in [9.17, 15) is 4.79 Å². The number of hydrogen-bond donors (Lipinski definition) is 1. The molecule has 0 aliphatic heterocycles. The van der Waals surface area contributed by atoms with Gasteiger partial charge in [0, 0.05) is 0 Å². The molecular weight excluding hydrogens is 272 g/mol. The van der Waals surface area contributed by atoms with Crippen molar-refractivity contribution >= 4 is 12.0 Å². The number of allylic oxidation sites excluding steroid dienone is 1. The number of aliphatic carboxylic acids is 1. The Morgan fingerprint density at radius 1 is 1.38 bits per heavy atom. The minimum absolute atomic E-state index is 0.0370. The monoisotopic (exact) mass is 286 g/mol. The van der Waals surface area contributed by atoms with Crippen LogP contribution in [0.2, 0.25) is 0 Å². The molecule has 1 rings (SSSR count). The standard InChI is InChI=1S/C15H14N2O4/c1-3-20-14-7-11(6-12(8-16)9-17)4-5-13(14)21-10(2)15(18)19/h4-7,10H,3H2,1-2H3,(H,18,19). The quantitative estimate of drug-likeness (QED) is 0.805. The molecule has 0 aromatic heterocycles. The minimum Gasteiger partial charge on any atom is -0.490 e. The van der Waals surface area contributed by atoms with Crippen molar-refractivity contribution in [3.05, 3.63) is 29.3 Å². The predicted octanol–water partition coefficient (Wildman–Crippen LogP) is 2.37. The summed E-state index contributed by atoms with van der Waals surface area (Å²) in [6.45, 7) is 3.56. The molecule has 0 saturated carbocycles. The normalized spacial score (nSPS) is 10.7. The van der Waals surface area contributed by atoms with E-state index in [1.54, 1.807) is 37.3 Å². The van der Waals surface area contributed by atoms with Crippen LogP contribution in [0.1, 0.15) is 19.4 Å². The van der Waals surface area contributed by atoms with Crippen molar-refractivity contribution in [3.63, 3.8) is 0 Å². The van der Waals surface area contributed by atoms with E-state index in [0.29, 0.717) is 23.7 Å². The van der Waals surface area contributed by atoms with Crippen LogP contribution >= 0.6 is 0 Å². The summed E-state index contributed by atoms with van der Waals surface area (Å²) in [5.41, 5.74) is 0.553. The minimum atomic E-state index is -1.09. The molecule has 0 saturated heterocycles. The van der Waals surface area contributed by atoms with Gasteiger partial charge >= 0.3 is 5.97 Å². The van der Waals surface area contributed by atoms with Crippen molar-refractivity contribution < 1.29 is 19.4 Å². The van der Waals surface area contributed by atoms with E-state index < -0.39 is 12.1 Å². The number of nitriles is 2. The van der Waals surface area contributed by atoms with Crippen molar-refractivity contribution in [2.24, 2.45) is 0 Å². The highest BCUT2D eigenvalue weighted by Gasteiger charge is 2.15. The highest BCUT2D eigenvalue weighted by atomic mass is 16.5. The Bertz CT molecular complexity index is 622. The number of carboxylic acids is 1. The zero-order valence-corrected chi connectivity index (χ0v) is 11.7. The number of hydrogen-bond acceptors (Lipinski definition) is 5. The molecule has 108 valence electrons. The number of rotatable bonds is 6. The number of benzene rings is 1. The second kappa shape index (κ2) is 7.56. The molecule has 1 atom stereocenters. The van der Waals surface area contributed by atoms with Crippen LogP contribution in [0.5, 0.6) is 11.5 Å². The first-order valence-electron chi connectivity index (χ1n) is 6.20. The molecule has 0 amide bonds. The molecule has 0 radical (unpaired) electrons.